The van der Waals surface area contributed by atoms with Crippen molar-refractivity contribution >= 4 is 20.4 Å². The van der Waals surface area contributed by atoms with Gasteiger partial charge in [0.25, 0.3) is 0 Å². The maximum Gasteiger partial charge on any atom is 0.307 e. The van der Waals surface area contributed by atoms with Crippen LogP contribution in [0.5, 0.6) is 17.2 Å². The molecule has 0 bridgehead atoms. The number of rotatable bonds is 11. The lowest BCUT2D eigenvalue weighted by atomic mass is 10.2. The SMILES string of the molecule is Cc1ccc(S(=O)(=O)OS(c2ccc(OC(C)(C)C)cc2)(c2ccc(OC(C)(C)C)cc2)c2cccc(OCc3ccncc3)c2)cc1. The van der Waals surface area contributed by atoms with Crippen molar-refractivity contribution in [2.75, 3.05) is 0 Å². The Hall–Kier alpha value is -4.31. The van der Waals surface area contributed by atoms with Gasteiger partial charge in [-0.1, -0.05) is 23.8 Å². The minimum absolute atomic E-state index is 0.0652. The first kappa shape index (κ1) is 35.0. The summed E-state index contributed by atoms with van der Waals surface area (Å²) in [5.74, 6) is 1.88. The predicted octanol–water partition coefficient (Wildman–Crippen LogP) is 9.93. The van der Waals surface area contributed by atoms with Crippen molar-refractivity contribution in [1.29, 1.82) is 0 Å². The molecule has 0 aliphatic heterocycles. The molecule has 0 N–H and O–H groups in total. The largest absolute Gasteiger partial charge is 0.489 e. The number of hydrogen-bond acceptors (Lipinski definition) is 7. The molecule has 0 saturated carbocycles. The molecule has 48 heavy (non-hydrogen) atoms. The molecule has 5 rings (SSSR count). The second kappa shape index (κ2) is 14.0. The number of aromatic nitrogens is 1. The van der Waals surface area contributed by atoms with Crippen molar-refractivity contribution in [3.8, 4) is 17.2 Å². The molecular weight excluding hydrogens is 643 g/mol. The van der Waals surface area contributed by atoms with Gasteiger partial charge in [-0.2, -0.15) is 8.42 Å². The van der Waals surface area contributed by atoms with Crippen molar-refractivity contribution in [2.45, 2.75) is 85.9 Å². The Bertz CT molecular complexity index is 1850. The molecule has 0 aliphatic carbocycles. The van der Waals surface area contributed by atoms with Gasteiger partial charge in [-0.3, -0.25) is 4.98 Å². The van der Waals surface area contributed by atoms with Crippen LogP contribution in [0.15, 0.2) is 141 Å². The van der Waals surface area contributed by atoms with E-state index in [0.717, 1.165) is 11.1 Å². The quantitative estimate of drug-likeness (QED) is 0.137. The molecule has 0 atom stereocenters. The molecular formula is C39H43NO6S2. The van der Waals surface area contributed by atoms with E-state index in [9.17, 15) is 8.42 Å². The van der Waals surface area contributed by atoms with Crippen LogP contribution in [-0.4, -0.2) is 24.6 Å². The van der Waals surface area contributed by atoms with Crippen LogP contribution in [0.4, 0.5) is 0 Å². The van der Waals surface area contributed by atoms with Crippen molar-refractivity contribution in [3.05, 3.63) is 133 Å². The van der Waals surface area contributed by atoms with E-state index in [0.29, 0.717) is 38.5 Å². The van der Waals surface area contributed by atoms with Gasteiger partial charge in [0.05, 0.1) is 4.90 Å². The Morgan fingerprint density at radius 1 is 0.583 bits per heavy atom. The number of pyridine rings is 1. The third-order valence-corrected chi connectivity index (χ3v) is 12.1. The second-order valence-electron chi connectivity index (χ2n) is 13.4. The van der Waals surface area contributed by atoms with Crippen LogP contribution in [0.2, 0.25) is 0 Å². The molecule has 0 unspecified atom stereocenters. The zero-order valence-corrected chi connectivity index (χ0v) is 30.1. The number of nitrogens with zero attached hydrogens (tertiary/aromatic N) is 1. The van der Waals surface area contributed by atoms with Crippen molar-refractivity contribution in [1.82, 2.24) is 4.98 Å². The summed E-state index contributed by atoms with van der Waals surface area (Å²) in [5, 5.41) is 0. The summed E-state index contributed by atoms with van der Waals surface area (Å²) in [6.45, 7) is 14.1. The van der Waals surface area contributed by atoms with Gasteiger partial charge in [-0.25, -0.2) is 3.63 Å². The summed E-state index contributed by atoms with van der Waals surface area (Å²) >= 11 is 0. The van der Waals surface area contributed by atoms with Gasteiger partial charge in [0.15, 0.2) is 0 Å². The lowest BCUT2D eigenvalue weighted by Crippen LogP contribution is -2.23. The number of ether oxygens (including phenoxy) is 3. The average molecular weight is 686 g/mol. The van der Waals surface area contributed by atoms with Gasteiger partial charge < -0.3 is 14.2 Å². The summed E-state index contributed by atoms with van der Waals surface area (Å²) in [5.41, 5.74) is 1.06. The van der Waals surface area contributed by atoms with E-state index >= 15 is 0 Å². The molecule has 0 spiro atoms. The molecule has 252 valence electrons. The smallest absolute Gasteiger partial charge is 0.307 e. The van der Waals surface area contributed by atoms with Gasteiger partial charge >= 0.3 is 10.1 Å². The highest BCUT2D eigenvalue weighted by molar-refractivity contribution is 8.33. The van der Waals surface area contributed by atoms with Crippen molar-refractivity contribution in [2.24, 2.45) is 0 Å². The van der Waals surface area contributed by atoms with E-state index in [1.165, 1.54) is 0 Å². The Kier molecular flexibility index (Phi) is 10.2. The van der Waals surface area contributed by atoms with Gasteiger partial charge in [-0.15, -0.1) is 0 Å². The summed E-state index contributed by atoms with van der Waals surface area (Å²) < 4.78 is 53.7. The van der Waals surface area contributed by atoms with Crippen LogP contribution in [0.25, 0.3) is 0 Å². The Balaban J connectivity index is 1.71. The van der Waals surface area contributed by atoms with E-state index in [4.69, 9.17) is 17.8 Å². The molecule has 0 fully saturated rings. The maximum atomic E-state index is 14.3. The zero-order valence-electron chi connectivity index (χ0n) is 28.5. The first-order valence-electron chi connectivity index (χ1n) is 15.7. The van der Waals surface area contributed by atoms with Crippen LogP contribution in [0.1, 0.15) is 52.7 Å². The second-order valence-corrected chi connectivity index (χ2v) is 17.8. The Labute approximate surface area is 286 Å². The molecule has 7 nitrogen and oxygen atoms in total. The lowest BCUT2D eigenvalue weighted by Gasteiger charge is -2.39. The summed E-state index contributed by atoms with van der Waals surface area (Å²) in [6.07, 6.45) is 3.43. The molecule has 1 aromatic heterocycles. The average Bonchev–Trinajstić information content (AvgIpc) is 3.03. The van der Waals surface area contributed by atoms with E-state index in [1.54, 1.807) is 36.7 Å². The molecule has 9 heteroatoms. The summed E-state index contributed by atoms with van der Waals surface area (Å²) in [4.78, 5) is 6.11. The van der Waals surface area contributed by atoms with Gasteiger partial charge in [0.1, 0.15) is 35.1 Å². The predicted molar refractivity (Wildman–Crippen MR) is 190 cm³/mol. The molecule has 0 aliphatic rings. The maximum absolute atomic E-state index is 14.3. The number of aryl methyl sites for hydroxylation is 1. The highest BCUT2D eigenvalue weighted by Gasteiger charge is 2.39. The normalized spacial score (nSPS) is 12.7. The minimum atomic E-state index is -4.30. The van der Waals surface area contributed by atoms with Crippen molar-refractivity contribution < 1.29 is 26.3 Å². The first-order chi connectivity index (χ1) is 22.6. The van der Waals surface area contributed by atoms with Crippen LogP contribution in [-0.2, 0) is 20.4 Å². The van der Waals surface area contributed by atoms with E-state index in [2.05, 4.69) is 4.98 Å². The molecule has 4 aromatic carbocycles. The molecule has 0 amide bonds. The van der Waals surface area contributed by atoms with Crippen LogP contribution in [0, 0.1) is 6.92 Å². The minimum Gasteiger partial charge on any atom is -0.489 e. The third kappa shape index (κ3) is 8.78. The fourth-order valence-electron chi connectivity index (χ4n) is 4.90. The summed E-state index contributed by atoms with van der Waals surface area (Å²) in [6, 6.07) is 32.8. The molecule has 0 radical (unpaired) electrons. The summed E-state index contributed by atoms with van der Waals surface area (Å²) in [7, 11) is -7.26. The monoisotopic (exact) mass is 685 g/mol. The Morgan fingerprint density at radius 3 is 1.58 bits per heavy atom. The third-order valence-electron chi connectivity index (χ3n) is 6.95. The standard InChI is InChI=1S/C39H43NO6S2/c1-29-11-17-36(18-12-29)48(41,42)46-47(34-19-13-31(14-20-34)44-38(2,3)4,35-21-15-32(16-22-35)45-39(5,6)7)37-10-8-9-33(27-37)43-28-30-23-25-40-26-24-30/h8-27H,28H2,1-7H3. The van der Waals surface area contributed by atoms with Crippen molar-refractivity contribution in [3.63, 3.8) is 0 Å². The van der Waals surface area contributed by atoms with Gasteiger partial charge in [0, 0.05) is 27.1 Å². The van der Waals surface area contributed by atoms with Crippen LogP contribution in [0.3, 0.4) is 0 Å². The zero-order chi connectivity index (χ0) is 34.6. The number of hydrogen-bond donors (Lipinski definition) is 0. The van der Waals surface area contributed by atoms with Crippen LogP contribution >= 0.6 is 10.3 Å². The molecule has 5 aromatic rings. The Morgan fingerprint density at radius 2 is 1.08 bits per heavy atom. The number of benzene rings is 4. The first-order valence-corrected chi connectivity index (χ1v) is 18.7. The van der Waals surface area contributed by atoms with E-state index in [1.807, 2.05) is 133 Å². The fourth-order valence-corrected chi connectivity index (χ4v) is 10.1. The van der Waals surface area contributed by atoms with Gasteiger partial charge in [-0.05, 0) is 155 Å². The molecule has 1 heterocycles. The lowest BCUT2D eigenvalue weighted by molar-refractivity contribution is 0.130. The fraction of sp³-hybridized carbons (Fsp3) is 0.256. The molecule has 0 saturated heterocycles. The van der Waals surface area contributed by atoms with Gasteiger partial charge in [0.2, 0.25) is 0 Å². The highest BCUT2D eigenvalue weighted by atomic mass is 32.3. The van der Waals surface area contributed by atoms with E-state index in [-0.39, 0.29) is 4.90 Å². The van der Waals surface area contributed by atoms with E-state index < -0.39 is 31.6 Å². The van der Waals surface area contributed by atoms with Crippen LogP contribution < -0.4 is 14.2 Å². The highest BCUT2D eigenvalue weighted by Crippen LogP contribution is 2.71. The topological polar surface area (TPSA) is 84.0 Å².